The van der Waals surface area contributed by atoms with Crippen molar-refractivity contribution in [1.29, 1.82) is 0 Å². The molecule has 1 aliphatic heterocycles. The molecule has 22 heavy (non-hydrogen) atoms. The van der Waals surface area contributed by atoms with Gasteiger partial charge in [0, 0.05) is 5.57 Å². The Labute approximate surface area is 140 Å². The molecule has 0 radical (unpaired) electrons. The van der Waals surface area contributed by atoms with Gasteiger partial charge < -0.3 is 4.74 Å². The number of halogens is 3. The number of hydrogen-bond acceptors (Lipinski definition) is 2. The standard InChI is InChI=1S/C17H11BrClFO2/c1-9-4-13-16(21)11(8-22-17(13)14(18)5-9)6-10-2-3-12(20)7-15(10)19/h2-7H,8H2,1H3/b11-6+. The summed E-state index contributed by atoms with van der Waals surface area (Å²) in [6, 6.07) is 7.76. The number of Topliss-reactive ketones (excluding diaryl/α,β-unsaturated/α-hetero) is 1. The van der Waals surface area contributed by atoms with Crippen molar-refractivity contribution < 1.29 is 13.9 Å². The number of carbonyl (C=O) groups is 1. The number of rotatable bonds is 1. The summed E-state index contributed by atoms with van der Waals surface area (Å²) in [6.07, 6.45) is 1.64. The molecule has 112 valence electrons. The minimum atomic E-state index is -0.414. The molecule has 0 saturated carbocycles. The van der Waals surface area contributed by atoms with Gasteiger partial charge in [-0.2, -0.15) is 0 Å². The summed E-state index contributed by atoms with van der Waals surface area (Å²) in [6.45, 7) is 2.06. The summed E-state index contributed by atoms with van der Waals surface area (Å²) in [5.41, 5.74) is 2.55. The van der Waals surface area contributed by atoms with E-state index in [1.807, 2.05) is 13.0 Å². The molecule has 0 bridgehead atoms. The highest BCUT2D eigenvalue weighted by atomic mass is 79.9. The van der Waals surface area contributed by atoms with Gasteiger partial charge >= 0.3 is 0 Å². The fraction of sp³-hybridized carbons (Fsp3) is 0.118. The van der Waals surface area contributed by atoms with Crippen LogP contribution in [0.15, 0.2) is 40.4 Å². The molecule has 0 spiro atoms. The molecule has 0 fully saturated rings. The van der Waals surface area contributed by atoms with Gasteiger partial charge in [-0.25, -0.2) is 4.39 Å². The van der Waals surface area contributed by atoms with Crippen molar-refractivity contribution in [2.45, 2.75) is 6.92 Å². The van der Waals surface area contributed by atoms with E-state index >= 15 is 0 Å². The minimum absolute atomic E-state index is 0.106. The molecule has 1 heterocycles. The SMILES string of the molecule is Cc1cc(Br)c2c(c1)C(=O)/C(=C/c1ccc(F)cc1Cl)CO2. The van der Waals surface area contributed by atoms with Crippen LogP contribution in [0.4, 0.5) is 4.39 Å². The lowest BCUT2D eigenvalue weighted by Gasteiger charge is -2.20. The summed E-state index contributed by atoms with van der Waals surface area (Å²) in [4.78, 5) is 12.6. The molecule has 0 aliphatic carbocycles. The highest BCUT2D eigenvalue weighted by Crippen LogP contribution is 2.36. The number of aryl methyl sites for hydroxylation is 1. The first-order valence-corrected chi connectivity index (χ1v) is 7.76. The zero-order valence-corrected chi connectivity index (χ0v) is 14.0. The molecular formula is C17H11BrClFO2. The van der Waals surface area contributed by atoms with Gasteiger partial charge in [0.25, 0.3) is 0 Å². The van der Waals surface area contributed by atoms with Gasteiger partial charge in [0.05, 0.1) is 15.1 Å². The largest absolute Gasteiger partial charge is 0.487 e. The Balaban J connectivity index is 2.04. The van der Waals surface area contributed by atoms with Crippen molar-refractivity contribution in [3.05, 3.63) is 67.9 Å². The third-order valence-electron chi connectivity index (χ3n) is 3.39. The lowest BCUT2D eigenvalue weighted by molar-refractivity contribution is 0.100. The van der Waals surface area contributed by atoms with Crippen LogP contribution in [-0.4, -0.2) is 12.4 Å². The van der Waals surface area contributed by atoms with E-state index in [1.165, 1.54) is 12.1 Å². The van der Waals surface area contributed by atoms with Crippen molar-refractivity contribution in [1.82, 2.24) is 0 Å². The molecule has 5 heteroatoms. The Hall–Kier alpha value is -1.65. The van der Waals surface area contributed by atoms with Crippen molar-refractivity contribution in [3.63, 3.8) is 0 Å². The maximum absolute atomic E-state index is 13.1. The van der Waals surface area contributed by atoms with E-state index in [-0.39, 0.29) is 17.4 Å². The second-order valence-electron chi connectivity index (χ2n) is 5.08. The van der Waals surface area contributed by atoms with E-state index in [4.69, 9.17) is 16.3 Å². The van der Waals surface area contributed by atoms with Gasteiger partial charge in [-0.1, -0.05) is 17.7 Å². The zero-order chi connectivity index (χ0) is 15.9. The predicted octanol–water partition coefficient (Wildman–Crippen LogP) is 5.21. The lowest BCUT2D eigenvalue weighted by Crippen LogP contribution is -2.19. The van der Waals surface area contributed by atoms with Gasteiger partial charge in [-0.15, -0.1) is 0 Å². The summed E-state index contributed by atoms with van der Waals surface area (Å²) >= 11 is 9.41. The van der Waals surface area contributed by atoms with Crippen LogP contribution < -0.4 is 4.74 Å². The number of fused-ring (bicyclic) bond motifs is 1. The smallest absolute Gasteiger partial charge is 0.196 e. The van der Waals surface area contributed by atoms with Crippen LogP contribution in [0.2, 0.25) is 5.02 Å². The summed E-state index contributed by atoms with van der Waals surface area (Å²) < 4.78 is 19.5. The average molecular weight is 382 g/mol. The Morgan fingerprint density at radius 3 is 2.82 bits per heavy atom. The fourth-order valence-corrected chi connectivity index (χ4v) is 3.26. The molecular weight excluding hydrogens is 371 g/mol. The normalized spacial score (nSPS) is 15.6. The molecule has 0 saturated heterocycles. The minimum Gasteiger partial charge on any atom is -0.487 e. The Morgan fingerprint density at radius 1 is 1.32 bits per heavy atom. The third kappa shape index (κ3) is 2.81. The molecule has 2 aromatic carbocycles. The molecule has 1 aliphatic rings. The van der Waals surface area contributed by atoms with Crippen LogP contribution in [0.1, 0.15) is 21.5 Å². The van der Waals surface area contributed by atoms with Crippen LogP contribution in [0.5, 0.6) is 5.75 Å². The highest BCUT2D eigenvalue weighted by Gasteiger charge is 2.25. The molecule has 0 aromatic heterocycles. The van der Waals surface area contributed by atoms with Gasteiger partial charge in [0.15, 0.2) is 5.78 Å². The van der Waals surface area contributed by atoms with E-state index in [1.54, 1.807) is 18.2 Å². The number of carbonyl (C=O) groups excluding carboxylic acids is 1. The Bertz CT molecular complexity index is 815. The van der Waals surface area contributed by atoms with Crippen molar-refractivity contribution in [2.24, 2.45) is 0 Å². The first-order valence-electron chi connectivity index (χ1n) is 6.59. The quantitative estimate of drug-likeness (QED) is 0.634. The lowest BCUT2D eigenvalue weighted by atomic mass is 9.97. The van der Waals surface area contributed by atoms with Gasteiger partial charge in [-0.05, 0) is 64.3 Å². The molecule has 0 unspecified atom stereocenters. The Kier molecular flexibility index (Phi) is 4.06. The van der Waals surface area contributed by atoms with Crippen LogP contribution >= 0.6 is 27.5 Å². The highest BCUT2D eigenvalue weighted by molar-refractivity contribution is 9.10. The molecule has 2 nitrogen and oxygen atoms in total. The number of benzene rings is 2. The van der Waals surface area contributed by atoms with Crippen LogP contribution in [0.25, 0.3) is 6.08 Å². The van der Waals surface area contributed by atoms with Crippen molar-refractivity contribution >= 4 is 39.4 Å². The maximum atomic E-state index is 13.1. The summed E-state index contributed by atoms with van der Waals surface area (Å²) in [5, 5.41) is 0.261. The molecule has 0 atom stereocenters. The Morgan fingerprint density at radius 2 is 2.09 bits per heavy atom. The summed E-state index contributed by atoms with van der Waals surface area (Å²) in [5.74, 6) is 0.0345. The van der Waals surface area contributed by atoms with E-state index < -0.39 is 5.82 Å². The first kappa shape index (κ1) is 15.3. The number of ether oxygens (including phenoxy) is 1. The number of ketones is 1. The maximum Gasteiger partial charge on any atom is 0.196 e. The third-order valence-corrected chi connectivity index (χ3v) is 4.30. The second-order valence-corrected chi connectivity index (χ2v) is 6.34. The van der Waals surface area contributed by atoms with E-state index in [0.29, 0.717) is 22.4 Å². The van der Waals surface area contributed by atoms with Crippen LogP contribution in [-0.2, 0) is 0 Å². The summed E-state index contributed by atoms with van der Waals surface area (Å²) in [7, 11) is 0. The molecule has 3 rings (SSSR count). The topological polar surface area (TPSA) is 26.3 Å². The van der Waals surface area contributed by atoms with Gasteiger partial charge in [0.1, 0.15) is 18.2 Å². The van der Waals surface area contributed by atoms with E-state index in [9.17, 15) is 9.18 Å². The first-order chi connectivity index (χ1) is 10.5. The molecule has 0 N–H and O–H groups in total. The van der Waals surface area contributed by atoms with Gasteiger partial charge in [0.2, 0.25) is 0 Å². The molecule has 0 amide bonds. The predicted molar refractivity (Wildman–Crippen MR) is 88.1 cm³/mol. The second kappa shape index (κ2) is 5.86. The van der Waals surface area contributed by atoms with Crippen molar-refractivity contribution in [2.75, 3.05) is 6.61 Å². The monoisotopic (exact) mass is 380 g/mol. The van der Waals surface area contributed by atoms with Crippen LogP contribution in [0.3, 0.4) is 0 Å². The van der Waals surface area contributed by atoms with Gasteiger partial charge in [-0.3, -0.25) is 4.79 Å². The zero-order valence-electron chi connectivity index (χ0n) is 11.6. The van der Waals surface area contributed by atoms with E-state index in [0.717, 1.165) is 10.0 Å². The molecule has 2 aromatic rings. The van der Waals surface area contributed by atoms with E-state index in [2.05, 4.69) is 15.9 Å². The van der Waals surface area contributed by atoms with Crippen LogP contribution in [0, 0.1) is 12.7 Å². The fourth-order valence-electron chi connectivity index (χ4n) is 2.35. The van der Waals surface area contributed by atoms with Crippen molar-refractivity contribution in [3.8, 4) is 5.75 Å². The average Bonchev–Trinajstić information content (AvgIpc) is 2.45. The number of hydrogen-bond donors (Lipinski definition) is 0.